The molecule has 1 heterocycles. The SMILES string of the molecule is Fc1cc(-c2cc(NC3CCCC3)ccn2)ccc1OC(F)(F)F. The van der Waals surface area contributed by atoms with Crippen LogP contribution < -0.4 is 10.1 Å². The molecule has 0 atom stereocenters. The maximum absolute atomic E-state index is 13.8. The van der Waals surface area contributed by atoms with Crippen molar-refractivity contribution in [3.63, 3.8) is 0 Å². The van der Waals surface area contributed by atoms with E-state index in [1.54, 1.807) is 12.3 Å². The lowest BCUT2D eigenvalue weighted by Gasteiger charge is -2.14. The van der Waals surface area contributed by atoms with Gasteiger partial charge < -0.3 is 10.1 Å². The molecule has 0 saturated heterocycles. The lowest BCUT2D eigenvalue weighted by Crippen LogP contribution is -2.17. The number of hydrogen-bond acceptors (Lipinski definition) is 3. The minimum atomic E-state index is -4.92. The van der Waals surface area contributed by atoms with Crippen LogP contribution in [0.2, 0.25) is 0 Å². The third-order valence-electron chi connectivity index (χ3n) is 3.94. The van der Waals surface area contributed by atoms with Crippen LogP contribution in [-0.4, -0.2) is 17.4 Å². The van der Waals surface area contributed by atoms with Gasteiger partial charge in [-0.2, -0.15) is 0 Å². The van der Waals surface area contributed by atoms with Crippen molar-refractivity contribution < 1.29 is 22.3 Å². The first-order chi connectivity index (χ1) is 11.4. The van der Waals surface area contributed by atoms with E-state index < -0.39 is 17.9 Å². The quantitative estimate of drug-likeness (QED) is 0.783. The van der Waals surface area contributed by atoms with Crippen molar-refractivity contribution in [2.45, 2.75) is 38.1 Å². The number of ether oxygens (including phenoxy) is 1. The number of rotatable bonds is 4. The molecule has 2 aromatic rings. The molecule has 24 heavy (non-hydrogen) atoms. The van der Waals surface area contributed by atoms with Crippen LogP contribution in [0.5, 0.6) is 5.75 Å². The van der Waals surface area contributed by atoms with E-state index in [0.29, 0.717) is 17.3 Å². The summed E-state index contributed by atoms with van der Waals surface area (Å²) in [5.41, 5.74) is 1.73. The smallest absolute Gasteiger partial charge is 0.403 e. The summed E-state index contributed by atoms with van der Waals surface area (Å²) >= 11 is 0. The predicted molar refractivity (Wildman–Crippen MR) is 82.2 cm³/mol. The van der Waals surface area contributed by atoms with E-state index in [-0.39, 0.29) is 0 Å². The Labute approximate surface area is 136 Å². The topological polar surface area (TPSA) is 34.2 Å². The van der Waals surface area contributed by atoms with Gasteiger partial charge in [0, 0.05) is 23.5 Å². The van der Waals surface area contributed by atoms with E-state index in [4.69, 9.17) is 0 Å². The van der Waals surface area contributed by atoms with Gasteiger partial charge in [0.1, 0.15) is 0 Å². The van der Waals surface area contributed by atoms with Crippen LogP contribution in [0.25, 0.3) is 11.3 Å². The molecule has 7 heteroatoms. The Morgan fingerprint density at radius 3 is 2.50 bits per heavy atom. The standard InChI is InChI=1S/C17H16F4N2O/c18-14-9-11(5-6-16(14)24-17(19,20)21)15-10-13(7-8-22-15)23-12-3-1-2-4-12/h5-10,12H,1-4H2,(H,22,23). The molecule has 3 nitrogen and oxygen atoms in total. The Kier molecular flexibility index (Phi) is 4.59. The molecule has 0 amide bonds. The number of nitrogens with one attached hydrogen (secondary N) is 1. The highest BCUT2D eigenvalue weighted by Crippen LogP contribution is 2.30. The first-order valence-electron chi connectivity index (χ1n) is 7.69. The van der Waals surface area contributed by atoms with Crippen molar-refractivity contribution in [1.29, 1.82) is 0 Å². The zero-order chi connectivity index (χ0) is 17.2. The number of nitrogens with zero attached hydrogens (tertiary/aromatic N) is 1. The van der Waals surface area contributed by atoms with Crippen LogP contribution in [0, 0.1) is 5.82 Å². The van der Waals surface area contributed by atoms with Crippen molar-refractivity contribution in [1.82, 2.24) is 4.98 Å². The number of halogens is 4. The van der Waals surface area contributed by atoms with Crippen LogP contribution >= 0.6 is 0 Å². The van der Waals surface area contributed by atoms with Crippen LogP contribution in [0.15, 0.2) is 36.5 Å². The number of hydrogen-bond donors (Lipinski definition) is 1. The lowest BCUT2D eigenvalue weighted by atomic mass is 10.1. The third-order valence-corrected chi connectivity index (χ3v) is 3.94. The van der Waals surface area contributed by atoms with Gasteiger partial charge in [-0.05, 0) is 43.2 Å². The number of aromatic nitrogens is 1. The van der Waals surface area contributed by atoms with Gasteiger partial charge in [0.05, 0.1) is 5.69 Å². The van der Waals surface area contributed by atoms with E-state index in [2.05, 4.69) is 15.0 Å². The molecule has 1 N–H and O–H groups in total. The van der Waals surface area contributed by atoms with Crippen molar-refractivity contribution in [2.75, 3.05) is 5.32 Å². The fourth-order valence-corrected chi connectivity index (χ4v) is 2.85. The molecular formula is C17H16F4N2O. The summed E-state index contributed by atoms with van der Waals surface area (Å²) in [4.78, 5) is 4.16. The van der Waals surface area contributed by atoms with Crippen LogP contribution in [0.1, 0.15) is 25.7 Å². The summed E-state index contributed by atoms with van der Waals surface area (Å²) in [6.07, 6.45) is 1.27. The second kappa shape index (κ2) is 6.67. The number of anilines is 1. The maximum Gasteiger partial charge on any atom is 0.573 e. The van der Waals surface area contributed by atoms with E-state index in [9.17, 15) is 17.6 Å². The Morgan fingerprint density at radius 2 is 1.83 bits per heavy atom. The van der Waals surface area contributed by atoms with Gasteiger partial charge >= 0.3 is 6.36 Å². The monoisotopic (exact) mass is 340 g/mol. The van der Waals surface area contributed by atoms with Gasteiger partial charge in [-0.1, -0.05) is 12.8 Å². The predicted octanol–water partition coefficient (Wildman–Crippen LogP) is 5.14. The van der Waals surface area contributed by atoms with Gasteiger partial charge in [-0.3, -0.25) is 4.98 Å². The highest BCUT2D eigenvalue weighted by atomic mass is 19.4. The summed E-state index contributed by atoms with van der Waals surface area (Å²) in [6, 6.07) is 7.29. The molecular weight excluding hydrogens is 324 g/mol. The fraction of sp³-hybridized carbons (Fsp3) is 0.353. The molecule has 0 unspecified atom stereocenters. The van der Waals surface area contributed by atoms with Gasteiger partial charge in [0.25, 0.3) is 0 Å². The summed E-state index contributed by atoms with van der Waals surface area (Å²) in [6.45, 7) is 0. The Bertz CT molecular complexity index is 712. The first kappa shape index (κ1) is 16.5. The fourth-order valence-electron chi connectivity index (χ4n) is 2.85. The average molecular weight is 340 g/mol. The molecule has 1 aliphatic carbocycles. The molecule has 1 fully saturated rings. The molecule has 0 spiro atoms. The molecule has 1 aromatic carbocycles. The van der Waals surface area contributed by atoms with Crippen molar-refractivity contribution >= 4 is 5.69 Å². The number of benzene rings is 1. The highest BCUT2D eigenvalue weighted by molar-refractivity contribution is 5.65. The zero-order valence-electron chi connectivity index (χ0n) is 12.7. The molecule has 0 aliphatic heterocycles. The average Bonchev–Trinajstić information content (AvgIpc) is 3.01. The summed E-state index contributed by atoms with van der Waals surface area (Å²) < 4.78 is 54.0. The molecule has 1 aromatic heterocycles. The highest BCUT2D eigenvalue weighted by Gasteiger charge is 2.32. The Hall–Kier alpha value is -2.31. The minimum absolute atomic E-state index is 0.386. The van der Waals surface area contributed by atoms with Crippen molar-refractivity contribution in [3.05, 3.63) is 42.3 Å². The van der Waals surface area contributed by atoms with Crippen LogP contribution in [-0.2, 0) is 0 Å². The first-order valence-corrected chi connectivity index (χ1v) is 7.69. The molecule has 128 valence electrons. The van der Waals surface area contributed by atoms with Crippen molar-refractivity contribution in [2.24, 2.45) is 0 Å². The van der Waals surface area contributed by atoms with Crippen LogP contribution in [0.4, 0.5) is 23.2 Å². The van der Waals surface area contributed by atoms with Gasteiger partial charge in [-0.25, -0.2) is 4.39 Å². The van der Waals surface area contributed by atoms with Gasteiger partial charge in [0.2, 0.25) is 0 Å². The number of pyridine rings is 1. The summed E-state index contributed by atoms with van der Waals surface area (Å²) in [7, 11) is 0. The normalized spacial score (nSPS) is 15.5. The lowest BCUT2D eigenvalue weighted by molar-refractivity contribution is -0.275. The van der Waals surface area contributed by atoms with E-state index in [1.807, 2.05) is 6.07 Å². The molecule has 3 rings (SSSR count). The Morgan fingerprint density at radius 1 is 1.08 bits per heavy atom. The molecule has 0 radical (unpaired) electrons. The molecule has 1 aliphatic rings. The van der Waals surface area contributed by atoms with Gasteiger partial charge in [-0.15, -0.1) is 13.2 Å². The van der Waals surface area contributed by atoms with E-state index in [0.717, 1.165) is 30.7 Å². The molecule has 1 saturated carbocycles. The molecule has 0 bridgehead atoms. The summed E-state index contributed by atoms with van der Waals surface area (Å²) in [5, 5.41) is 3.40. The summed E-state index contributed by atoms with van der Waals surface area (Å²) in [5.74, 6) is -1.94. The van der Waals surface area contributed by atoms with Crippen molar-refractivity contribution in [3.8, 4) is 17.0 Å². The zero-order valence-corrected chi connectivity index (χ0v) is 12.7. The van der Waals surface area contributed by atoms with E-state index >= 15 is 0 Å². The van der Waals surface area contributed by atoms with Gasteiger partial charge in [0.15, 0.2) is 11.6 Å². The second-order valence-electron chi connectivity index (χ2n) is 5.75. The minimum Gasteiger partial charge on any atom is -0.403 e. The van der Waals surface area contributed by atoms with Crippen LogP contribution in [0.3, 0.4) is 0 Å². The number of alkyl halides is 3. The largest absolute Gasteiger partial charge is 0.573 e. The third kappa shape index (κ3) is 4.15. The maximum atomic E-state index is 13.8. The second-order valence-corrected chi connectivity index (χ2v) is 5.75. The Balaban J connectivity index is 1.79. The van der Waals surface area contributed by atoms with E-state index in [1.165, 1.54) is 18.9 Å².